The van der Waals surface area contributed by atoms with Gasteiger partial charge in [-0.15, -0.1) is 0 Å². The summed E-state index contributed by atoms with van der Waals surface area (Å²) >= 11 is 0. The third-order valence-corrected chi connectivity index (χ3v) is 2.53. The topological polar surface area (TPSA) is 46.5 Å². The number of hydrogen-bond donors (Lipinski definition) is 1. The van der Waals surface area contributed by atoms with E-state index in [0.29, 0.717) is 0 Å². The molecule has 0 radical (unpaired) electrons. The van der Waals surface area contributed by atoms with Crippen LogP contribution in [0.1, 0.15) is 34.1 Å². The van der Waals surface area contributed by atoms with E-state index < -0.39 is 5.97 Å². The van der Waals surface area contributed by atoms with Crippen LogP contribution in [0.4, 0.5) is 0 Å². The van der Waals surface area contributed by atoms with E-state index in [0.717, 1.165) is 6.42 Å². The summed E-state index contributed by atoms with van der Waals surface area (Å²) in [6.07, 6.45) is 0.878. The molecule has 0 heterocycles. The Morgan fingerprint density at radius 3 is 2.36 bits per heavy atom. The maximum atomic E-state index is 10.8. The Hall–Kier alpha value is -0.570. The minimum atomic E-state index is -0.558. The normalized spacial score (nSPS) is 14.3. The van der Waals surface area contributed by atoms with Crippen molar-refractivity contribution in [1.82, 2.24) is 0 Å². The number of carbonyl (C=O) groups is 1. The lowest BCUT2D eigenvalue weighted by molar-refractivity contribution is -0.241. The fraction of sp³-hybridized carbons (Fsp3) is 0.875. The molecular formula is C8H16O3. The molecule has 3 heteroatoms. The highest BCUT2D eigenvalue weighted by Crippen LogP contribution is 2.30. The van der Waals surface area contributed by atoms with E-state index in [2.05, 4.69) is 4.89 Å². The Kier molecular flexibility index (Phi) is 3.52. The lowest BCUT2D eigenvalue weighted by Crippen LogP contribution is -2.28. The van der Waals surface area contributed by atoms with Crippen LogP contribution in [0.25, 0.3) is 0 Å². The van der Waals surface area contributed by atoms with E-state index in [4.69, 9.17) is 5.26 Å². The predicted molar refractivity (Wildman–Crippen MR) is 42.0 cm³/mol. The average molecular weight is 160 g/mol. The van der Waals surface area contributed by atoms with Gasteiger partial charge in [-0.05, 0) is 5.41 Å². The van der Waals surface area contributed by atoms with E-state index in [1.807, 2.05) is 20.8 Å². The minimum absolute atomic E-state index is 0.111. The summed E-state index contributed by atoms with van der Waals surface area (Å²) in [7, 11) is 0. The van der Waals surface area contributed by atoms with Gasteiger partial charge in [0.25, 0.3) is 0 Å². The summed E-state index contributed by atoms with van der Waals surface area (Å²) in [5.74, 6) is -0.825. The van der Waals surface area contributed by atoms with Crippen molar-refractivity contribution in [2.24, 2.45) is 11.3 Å². The molecule has 0 aliphatic rings. The molecule has 1 atom stereocenters. The van der Waals surface area contributed by atoms with Crippen LogP contribution >= 0.6 is 0 Å². The second-order valence-electron chi connectivity index (χ2n) is 3.47. The van der Waals surface area contributed by atoms with Crippen molar-refractivity contribution < 1.29 is 14.9 Å². The van der Waals surface area contributed by atoms with E-state index >= 15 is 0 Å². The highest BCUT2D eigenvalue weighted by atomic mass is 17.1. The second kappa shape index (κ2) is 3.72. The molecule has 0 fully saturated rings. The van der Waals surface area contributed by atoms with Gasteiger partial charge in [0, 0.05) is 0 Å². The zero-order chi connectivity index (χ0) is 9.07. The van der Waals surface area contributed by atoms with Crippen LogP contribution in [0.2, 0.25) is 0 Å². The number of carbonyl (C=O) groups excluding carboxylic acids is 1. The molecule has 66 valence electrons. The summed E-state index contributed by atoms with van der Waals surface area (Å²) in [6, 6.07) is 0. The molecule has 0 aromatic carbocycles. The van der Waals surface area contributed by atoms with Gasteiger partial charge in [0.2, 0.25) is 0 Å². The van der Waals surface area contributed by atoms with Crippen molar-refractivity contribution in [3.63, 3.8) is 0 Å². The van der Waals surface area contributed by atoms with Gasteiger partial charge in [0.1, 0.15) is 0 Å². The molecule has 0 aliphatic carbocycles. The first-order chi connectivity index (χ1) is 4.95. The molecule has 0 amide bonds. The summed E-state index contributed by atoms with van der Waals surface area (Å²) in [4.78, 5) is 14.5. The van der Waals surface area contributed by atoms with Crippen molar-refractivity contribution in [1.29, 1.82) is 0 Å². The van der Waals surface area contributed by atoms with Crippen molar-refractivity contribution >= 4 is 5.97 Å². The van der Waals surface area contributed by atoms with Crippen molar-refractivity contribution in [3.8, 4) is 0 Å². The highest BCUT2D eigenvalue weighted by molar-refractivity contribution is 5.72. The predicted octanol–water partition coefficient (Wildman–Crippen LogP) is 2.07. The van der Waals surface area contributed by atoms with Gasteiger partial charge in [-0.25, -0.2) is 4.79 Å². The lowest BCUT2D eigenvalue weighted by Gasteiger charge is -2.27. The monoisotopic (exact) mass is 160 g/mol. The van der Waals surface area contributed by atoms with Gasteiger partial charge in [0.05, 0.1) is 5.92 Å². The molecule has 11 heavy (non-hydrogen) atoms. The molecule has 0 rings (SSSR count). The first kappa shape index (κ1) is 10.4. The van der Waals surface area contributed by atoms with Crippen LogP contribution in [-0.2, 0) is 9.68 Å². The van der Waals surface area contributed by atoms with Crippen LogP contribution in [0.3, 0.4) is 0 Å². The van der Waals surface area contributed by atoms with Crippen LogP contribution in [0.15, 0.2) is 0 Å². The number of hydrogen-bond acceptors (Lipinski definition) is 3. The Labute approximate surface area is 67.3 Å². The maximum absolute atomic E-state index is 10.8. The van der Waals surface area contributed by atoms with Crippen molar-refractivity contribution in [2.45, 2.75) is 34.1 Å². The molecule has 0 spiro atoms. The Morgan fingerprint density at radius 2 is 2.09 bits per heavy atom. The van der Waals surface area contributed by atoms with E-state index in [9.17, 15) is 4.79 Å². The maximum Gasteiger partial charge on any atom is 0.345 e. The summed E-state index contributed by atoms with van der Waals surface area (Å²) in [6.45, 7) is 7.69. The van der Waals surface area contributed by atoms with E-state index in [1.54, 1.807) is 6.92 Å². The van der Waals surface area contributed by atoms with Crippen molar-refractivity contribution in [3.05, 3.63) is 0 Å². The SMILES string of the molecule is CCC(C)(C)C(C)C(=O)OO. The largest absolute Gasteiger partial charge is 0.345 e. The van der Waals surface area contributed by atoms with E-state index in [-0.39, 0.29) is 11.3 Å². The van der Waals surface area contributed by atoms with Crippen LogP contribution in [0.5, 0.6) is 0 Å². The molecule has 0 saturated carbocycles. The van der Waals surface area contributed by atoms with Gasteiger partial charge in [-0.3, -0.25) is 0 Å². The Morgan fingerprint density at radius 1 is 1.64 bits per heavy atom. The molecule has 3 nitrogen and oxygen atoms in total. The molecule has 0 aromatic heterocycles. The third-order valence-electron chi connectivity index (χ3n) is 2.53. The van der Waals surface area contributed by atoms with Crippen LogP contribution < -0.4 is 0 Å². The lowest BCUT2D eigenvalue weighted by atomic mass is 9.78. The summed E-state index contributed by atoms with van der Waals surface area (Å²) in [5.41, 5.74) is -0.111. The zero-order valence-electron chi connectivity index (χ0n) is 7.55. The molecule has 0 bridgehead atoms. The molecule has 1 unspecified atom stereocenters. The Balaban J connectivity index is 4.22. The molecule has 0 aromatic rings. The fourth-order valence-corrected chi connectivity index (χ4v) is 0.704. The Bertz CT molecular complexity index is 140. The second-order valence-corrected chi connectivity index (χ2v) is 3.47. The minimum Gasteiger partial charge on any atom is -0.301 e. The smallest absolute Gasteiger partial charge is 0.301 e. The summed E-state index contributed by atoms with van der Waals surface area (Å²) < 4.78 is 0. The average Bonchev–Trinajstić information content (AvgIpc) is 2.01. The van der Waals surface area contributed by atoms with Gasteiger partial charge in [-0.1, -0.05) is 34.1 Å². The quantitative estimate of drug-likeness (QED) is 0.508. The van der Waals surface area contributed by atoms with Gasteiger partial charge in [0.15, 0.2) is 0 Å². The molecule has 1 N–H and O–H groups in total. The number of rotatable bonds is 3. The van der Waals surface area contributed by atoms with E-state index in [1.165, 1.54) is 0 Å². The third kappa shape index (κ3) is 2.50. The molecule has 0 saturated heterocycles. The zero-order valence-corrected chi connectivity index (χ0v) is 7.55. The van der Waals surface area contributed by atoms with Crippen LogP contribution in [-0.4, -0.2) is 11.2 Å². The molecular weight excluding hydrogens is 144 g/mol. The highest BCUT2D eigenvalue weighted by Gasteiger charge is 2.31. The van der Waals surface area contributed by atoms with Gasteiger partial charge < -0.3 is 4.89 Å². The first-order valence-electron chi connectivity index (χ1n) is 3.81. The fourth-order valence-electron chi connectivity index (χ4n) is 0.704. The van der Waals surface area contributed by atoms with Crippen molar-refractivity contribution in [2.75, 3.05) is 0 Å². The van der Waals surface area contributed by atoms with Gasteiger partial charge in [-0.2, -0.15) is 5.26 Å². The van der Waals surface area contributed by atoms with Crippen LogP contribution in [0, 0.1) is 11.3 Å². The summed E-state index contributed by atoms with van der Waals surface area (Å²) in [5, 5.41) is 8.11. The first-order valence-corrected chi connectivity index (χ1v) is 3.81. The molecule has 0 aliphatic heterocycles. The standard InChI is InChI=1S/C8H16O3/c1-5-8(3,4)6(2)7(9)11-10/h6,10H,5H2,1-4H3. The van der Waals surface area contributed by atoms with Gasteiger partial charge >= 0.3 is 5.97 Å².